The highest BCUT2D eigenvalue weighted by atomic mass is 16.3. The van der Waals surface area contributed by atoms with Crippen molar-refractivity contribution in [2.24, 2.45) is 11.8 Å². The average molecular weight is 341 g/mol. The zero-order chi connectivity index (χ0) is 17.6. The van der Waals surface area contributed by atoms with Crippen LogP contribution in [-0.4, -0.2) is 18.5 Å². The molecule has 0 spiro atoms. The molecule has 1 aromatic heterocycles. The van der Waals surface area contributed by atoms with Gasteiger partial charge in [-0.3, -0.25) is 4.79 Å². The fraction of sp³-hybridized carbons (Fsp3) is 0.476. The normalized spacial score (nSPS) is 24.6. The number of amides is 1. The topological polar surface area (TPSA) is 58.9 Å². The number of hydrogen-bond acceptors (Lipinski definition) is 2. The van der Waals surface area contributed by atoms with Crippen LogP contribution in [0.25, 0.3) is 0 Å². The Labute approximate surface area is 150 Å². The van der Waals surface area contributed by atoms with Crippen LogP contribution in [-0.2, 0) is 4.79 Å². The number of nitrogens with two attached hydrogens (primary N) is 1. The molecule has 1 saturated carbocycles. The van der Waals surface area contributed by atoms with E-state index in [0.717, 1.165) is 17.7 Å². The van der Waals surface area contributed by atoms with E-state index in [1.54, 1.807) is 6.26 Å². The molecule has 3 rings (SSSR count). The second-order valence-electron chi connectivity index (χ2n) is 7.28. The zero-order valence-corrected chi connectivity index (χ0v) is 15.2. The first-order chi connectivity index (χ1) is 12.1. The Kier molecular flexibility index (Phi) is 5.92. The van der Waals surface area contributed by atoms with Gasteiger partial charge < -0.3 is 15.1 Å². The van der Waals surface area contributed by atoms with Crippen LogP contribution in [0.1, 0.15) is 50.5 Å². The Hall–Kier alpha value is -2.07. The maximum atomic E-state index is 12.5. The number of hydrogen-bond donors (Lipinski definition) is 2. The molecule has 0 bridgehead atoms. The number of nitrogens with one attached hydrogen (secondary N) is 1. The standard InChI is InChI=1S/C21H28N2O2/c1-15-8-6-11-18(16(15)2)23-20(24)14-22-21(19-12-7-13-25-19)17-9-4-3-5-10-17/h3-5,7,9-10,12-13,15-16,18,21-22H,6,8,11,14H2,1-2H3,(H,23,24)/p+1/t15-,16+,18-,21-/m0/s1. The lowest BCUT2D eigenvalue weighted by molar-refractivity contribution is -0.678. The molecule has 1 heterocycles. The van der Waals surface area contributed by atoms with Crippen LogP contribution in [0.5, 0.6) is 0 Å². The maximum Gasteiger partial charge on any atom is 0.275 e. The van der Waals surface area contributed by atoms with Crippen LogP contribution in [0.15, 0.2) is 53.1 Å². The Morgan fingerprint density at radius 1 is 1.20 bits per heavy atom. The molecule has 1 aliphatic carbocycles. The minimum atomic E-state index is 0.00431. The summed E-state index contributed by atoms with van der Waals surface area (Å²) in [6.45, 7) is 4.95. The van der Waals surface area contributed by atoms with Crippen molar-refractivity contribution >= 4 is 5.91 Å². The summed E-state index contributed by atoms with van der Waals surface area (Å²) < 4.78 is 5.60. The Morgan fingerprint density at radius 2 is 2.00 bits per heavy atom. The molecule has 0 radical (unpaired) electrons. The van der Waals surface area contributed by atoms with E-state index in [0.29, 0.717) is 24.4 Å². The van der Waals surface area contributed by atoms with Gasteiger partial charge in [-0.15, -0.1) is 0 Å². The van der Waals surface area contributed by atoms with Gasteiger partial charge in [0.25, 0.3) is 5.91 Å². The molecular weight excluding hydrogens is 312 g/mol. The Bertz CT molecular complexity index is 654. The summed E-state index contributed by atoms with van der Waals surface area (Å²) in [4.78, 5) is 12.5. The third kappa shape index (κ3) is 4.51. The predicted octanol–water partition coefficient (Wildman–Crippen LogP) is 2.87. The first-order valence-electron chi connectivity index (χ1n) is 9.36. The summed E-state index contributed by atoms with van der Waals surface area (Å²) >= 11 is 0. The summed E-state index contributed by atoms with van der Waals surface area (Å²) in [5, 5.41) is 5.31. The fourth-order valence-electron chi connectivity index (χ4n) is 3.82. The first kappa shape index (κ1) is 17.7. The van der Waals surface area contributed by atoms with Gasteiger partial charge >= 0.3 is 0 Å². The second kappa shape index (κ2) is 8.34. The molecule has 4 heteroatoms. The van der Waals surface area contributed by atoms with E-state index < -0.39 is 0 Å². The van der Waals surface area contributed by atoms with Crippen molar-refractivity contribution in [2.45, 2.75) is 45.2 Å². The summed E-state index contributed by atoms with van der Waals surface area (Å²) in [7, 11) is 0. The molecule has 1 amide bonds. The molecule has 1 fully saturated rings. The van der Waals surface area contributed by atoms with Gasteiger partial charge in [0.15, 0.2) is 18.3 Å². The number of rotatable bonds is 6. The van der Waals surface area contributed by atoms with Crippen molar-refractivity contribution in [1.29, 1.82) is 0 Å². The molecule has 1 aliphatic rings. The van der Waals surface area contributed by atoms with E-state index in [4.69, 9.17) is 4.42 Å². The number of carbonyl (C=O) groups is 1. The molecule has 4 nitrogen and oxygen atoms in total. The molecule has 2 aromatic rings. The lowest BCUT2D eigenvalue weighted by Gasteiger charge is -2.34. The average Bonchev–Trinajstić information content (AvgIpc) is 3.14. The molecule has 134 valence electrons. The summed E-state index contributed by atoms with van der Waals surface area (Å²) in [5.74, 6) is 2.22. The molecule has 0 saturated heterocycles. The highest BCUT2D eigenvalue weighted by molar-refractivity contribution is 5.77. The van der Waals surface area contributed by atoms with Gasteiger partial charge in [-0.2, -0.15) is 0 Å². The van der Waals surface area contributed by atoms with E-state index in [9.17, 15) is 4.79 Å². The predicted molar refractivity (Wildman–Crippen MR) is 97.9 cm³/mol. The van der Waals surface area contributed by atoms with Crippen molar-refractivity contribution < 1.29 is 14.5 Å². The number of carbonyl (C=O) groups excluding carboxylic acids is 1. The van der Waals surface area contributed by atoms with Crippen LogP contribution in [0, 0.1) is 11.8 Å². The molecule has 1 aromatic carbocycles. The van der Waals surface area contributed by atoms with E-state index in [2.05, 4.69) is 36.6 Å². The SMILES string of the molecule is C[C@H]1[C@@H](NC(=O)C[NH2+][C@@H](c2ccccc2)c2ccco2)CCC[C@@H]1C. The molecule has 0 aliphatic heterocycles. The molecule has 0 unspecified atom stereocenters. The maximum absolute atomic E-state index is 12.5. The van der Waals surface area contributed by atoms with E-state index >= 15 is 0 Å². The lowest BCUT2D eigenvalue weighted by Crippen LogP contribution is -2.88. The third-order valence-corrected chi connectivity index (χ3v) is 5.60. The Balaban J connectivity index is 1.60. The minimum Gasteiger partial charge on any atom is -0.463 e. The van der Waals surface area contributed by atoms with Gasteiger partial charge in [0.2, 0.25) is 0 Å². The van der Waals surface area contributed by atoms with Crippen molar-refractivity contribution in [3.8, 4) is 0 Å². The van der Waals surface area contributed by atoms with E-state index in [1.807, 2.05) is 30.3 Å². The van der Waals surface area contributed by atoms with Crippen molar-refractivity contribution in [2.75, 3.05) is 6.54 Å². The zero-order valence-electron chi connectivity index (χ0n) is 15.2. The molecule has 3 N–H and O–H groups in total. The van der Waals surface area contributed by atoms with Crippen LogP contribution in [0.3, 0.4) is 0 Å². The first-order valence-corrected chi connectivity index (χ1v) is 9.36. The highest BCUT2D eigenvalue weighted by Crippen LogP contribution is 2.29. The van der Waals surface area contributed by atoms with Crippen molar-refractivity contribution in [3.05, 3.63) is 60.1 Å². The van der Waals surface area contributed by atoms with Gasteiger partial charge in [-0.1, -0.05) is 57.0 Å². The number of benzene rings is 1. The molecular formula is C21H29N2O2+. The van der Waals surface area contributed by atoms with Crippen molar-refractivity contribution in [3.63, 3.8) is 0 Å². The monoisotopic (exact) mass is 341 g/mol. The molecule has 4 atom stereocenters. The minimum absolute atomic E-state index is 0.00431. The summed E-state index contributed by atoms with van der Waals surface area (Å²) in [6, 6.07) is 14.4. The van der Waals surface area contributed by atoms with Gasteiger partial charge in [-0.25, -0.2) is 0 Å². The van der Waals surface area contributed by atoms with Gasteiger partial charge in [-0.05, 0) is 30.4 Å². The number of furan rings is 1. The van der Waals surface area contributed by atoms with Crippen LogP contribution in [0.4, 0.5) is 0 Å². The largest absolute Gasteiger partial charge is 0.463 e. The van der Waals surface area contributed by atoms with E-state index in [1.165, 1.54) is 12.8 Å². The van der Waals surface area contributed by atoms with Crippen LogP contribution < -0.4 is 10.6 Å². The fourth-order valence-corrected chi connectivity index (χ4v) is 3.82. The second-order valence-corrected chi connectivity index (χ2v) is 7.28. The smallest absolute Gasteiger partial charge is 0.275 e. The van der Waals surface area contributed by atoms with Crippen molar-refractivity contribution in [1.82, 2.24) is 5.32 Å². The third-order valence-electron chi connectivity index (χ3n) is 5.60. The van der Waals surface area contributed by atoms with Gasteiger partial charge in [0.05, 0.1) is 6.26 Å². The molecule has 25 heavy (non-hydrogen) atoms. The lowest BCUT2D eigenvalue weighted by atomic mass is 9.78. The summed E-state index contributed by atoms with van der Waals surface area (Å²) in [6.07, 6.45) is 5.26. The quantitative estimate of drug-likeness (QED) is 0.849. The Morgan fingerprint density at radius 3 is 2.72 bits per heavy atom. The number of quaternary nitrogens is 1. The van der Waals surface area contributed by atoms with E-state index in [-0.39, 0.29) is 11.9 Å². The summed E-state index contributed by atoms with van der Waals surface area (Å²) in [5.41, 5.74) is 1.14. The van der Waals surface area contributed by atoms with Gasteiger partial charge in [0, 0.05) is 11.6 Å². The highest BCUT2D eigenvalue weighted by Gasteiger charge is 2.29. The van der Waals surface area contributed by atoms with Gasteiger partial charge in [0.1, 0.15) is 0 Å². The van der Waals surface area contributed by atoms with Crippen LogP contribution in [0.2, 0.25) is 0 Å². The van der Waals surface area contributed by atoms with Crippen LogP contribution >= 0.6 is 0 Å².